The Bertz CT molecular complexity index is 675. The fourth-order valence-corrected chi connectivity index (χ4v) is 1.71. The van der Waals surface area contributed by atoms with Crippen LogP contribution in [0.15, 0.2) is 36.4 Å². The van der Waals surface area contributed by atoms with E-state index in [0.717, 1.165) is 23.8 Å². The number of anilines is 2. The lowest BCUT2D eigenvalue weighted by Gasteiger charge is -2.11. The summed E-state index contributed by atoms with van der Waals surface area (Å²) in [7, 11) is 0. The van der Waals surface area contributed by atoms with E-state index >= 15 is 0 Å². The van der Waals surface area contributed by atoms with Crippen molar-refractivity contribution >= 4 is 17.3 Å². The summed E-state index contributed by atoms with van der Waals surface area (Å²) in [5.41, 5.74) is 7.54. The van der Waals surface area contributed by atoms with Gasteiger partial charge in [0.1, 0.15) is 5.82 Å². The Morgan fingerprint density at radius 3 is 2.81 bits per heavy atom. The van der Waals surface area contributed by atoms with Gasteiger partial charge in [-0.2, -0.15) is 0 Å². The number of nitrogen functional groups attached to an aromatic ring is 1. The molecule has 0 atom stereocenters. The molecule has 6 heteroatoms. The van der Waals surface area contributed by atoms with Crippen LogP contribution in [0.2, 0.25) is 0 Å². The average Bonchev–Trinajstić information content (AvgIpc) is 2.45. The molecule has 2 rings (SSSR count). The maximum absolute atomic E-state index is 13.3. The van der Waals surface area contributed by atoms with E-state index in [1.54, 1.807) is 25.1 Å². The van der Waals surface area contributed by atoms with Crippen LogP contribution in [0.5, 0.6) is 5.75 Å². The number of hydrogen-bond acceptors (Lipinski definition) is 3. The van der Waals surface area contributed by atoms with Crippen LogP contribution >= 0.6 is 0 Å². The first kappa shape index (κ1) is 14.8. The Balaban J connectivity index is 1.99. The van der Waals surface area contributed by atoms with Gasteiger partial charge in [0.05, 0.1) is 0 Å². The van der Waals surface area contributed by atoms with Gasteiger partial charge in [-0.05, 0) is 36.8 Å². The quantitative estimate of drug-likeness (QED) is 0.852. The summed E-state index contributed by atoms with van der Waals surface area (Å²) in [6, 6.07) is 7.89. The van der Waals surface area contributed by atoms with Crippen molar-refractivity contribution in [2.45, 2.75) is 6.92 Å². The zero-order chi connectivity index (χ0) is 15.4. The minimum absolute atomic E-state index is 0.311. The highest BCUT2D eigenvalue weighted by Crippen LogP contribution is 2.21. The molecular formula is C15H14F2N2O2. The Morgan fingerprint density at radius 2 is 2.05 bits per heavy atom. The molecule has 0 bridgehead atoms. The molecular weight excluding hydrogens is 278 g/mol. The van der Waals surface area contributed by atoms with Gasteiger partial charge in [-0.25, -0.2) is 8.78 Å². The molecule has 0 saturated carbocycles. The molecule has 21 heavy (non-hydrogen) atoms. The van der Waals surface area contributed by atoms with Crippen molar-refractivity contribution in [3.63, 3.8) is 0 Å². The van der Waals surface area contributed by atoms with Crippen LogP contribution in [0.25, 0.3) is 0 Å². The lowest BCUT2D eigenvalue weighted by molar-refractivity contribution is -0.118. The molecule has 0 radical (unpaired) electrons. The fraction of sp³-hybridized carbons (Fsp3) is 0.133. The maximum atomic E-state index is 13.3. The van der Waals surface area contributed by atoms with Gasteiger partial charge >= 0.3 is 0 Å². The molecule has 0 saturated heterocycles. The molecule has 0 heterocycles. The number of nitrogens with two attached hydrogens (primary N) is 1. The summed E-state index contributed by atoms with van der Waals surface area (Å²) in [6.45, 7) is 1.33. The molecule has 2 aromatic carbocycles. The van der Waals surface area contributed by atoms with E-state index in [1.165, 1.54) is 0 Å². The summed E-state index contributed by atoms with van der Waals surface area (Å²) >= 11 is 0. The van der Waals surface area contributed by atoms with Gasteiger partial charge < -0.3 is 15.8 Å². The Morgan fingerprint density at radius 1 is 1.29 bits per heavy atom. The fourth-order valence-electron chi connectivity index (χ4n) is 1.71. The Hall–Kier alpha value is -2.63. The molecule has 4 nitrogen and oxygen atoms in total. The molecule has 0 aliphatic rings. The number of ether oxygens (including phenoxy) is 1. The van der Waals surface area contributed by atoms with E-state index in [1.807, 2.05) is 0 Å². The number of carbonyl (C=O) groups excluding carboxylic acids is 1. The van der Waals surface area contributed by atoms with E-state index in [9.17, 15) is 13.6 Å². The normalized spacial score (nSPS) is 10.2. The lowest BCUT2D eigenvalue weighted by atomic mass is 10.1. The van der Waals surface area contributed by atoms with E-state index in [4.69, 9.17) is 10.5 Å². The molecule has 0 unspecified atom stereocenters. The monoisotopic (exact) mass is 292 g/mol. The molecule has 2 aromatic rings. The van der Waals surface area contributed by atoms with Crippen LogP contribution in [0.1, 0.15) is 5.56 Å². The van der Waals surface area contributed by atoms with Crippen LogP contribution in [0, 0.1) is 18.6 Å². The second-order valence-corrected chi connectivity index (χ2v) is 4.43. The third-order valence-corrected chi connectivity index (χ3v) is 2.90. The van der Waals surface area contributed by atoms with Crippen molar-refractivity contribution in [2.75, 3.05) is 17.7 Å². The predicted octanol–water partition coefficient (Wildman–Crippen LogP) is 2.87. The van der Waals surface area contributed by atoms with Crippen molar-refractivity contribution < 1.29 is 18.3 Å². The zero-order valence-electron chi connectivity index (χ0n) is 11.3. The van der Waals surface area contributed by atoms with Crippen molar-refractivity contribution in [3.8, 4) is 5.75 Å². The van der Waals surface area contributed by atoms with Crippen LogP contribution in [-0.2, 0) is 4.79 Å². The molecule has 110 valence electrons. The Labute approximate surface area is 120 Å². The summed E-state index contributed by atoms with van der Waals surface area (Å²) in [4.78, 5) is 11.8. The number of amides is 1. The zero-order valence-corrected chi connectivity index (χ0v) is 11.3. The second kappa shape index (κ2) is 6.21. The second-order valence-electron chi connectivity index (χ2n) is 4.43. The molecule has 0 aliphatic carbocycles. The van der Waals surface area contributed by atoms with E-state index in [-0.39, 0.29) is 5.75 Å². The first-order chi connectivity index (χ1) is 9.97. The smallest absolute Gasteiger partial charge is 0.262 e. The number of halogens is 2. The standard InChI is InChI=1S/C15H14F2N2O2/c1-9-12(18)3-2-4-13(9)19-15(20)8-21-14-7-10(16)5-6-11(14)17/h2-7H,8,18H2,1H3,(H,19,20). The Kier molecular flexibility index (Phi) is 4.37. The molecule has 0 aromatic heterocycles. The SMILES string of the molecule is Cc1c(N)cccc1NC(=O)COc1cc(F)ccc1F. The summed E-state index contributed by atoms with van der Waals surface area (Å²) in [5, 5.41) is 2.60. The van der Waals surface area contributed by atoms with Crippen molar-refractivity contribution in [2.24, 2.45) is 0 Å². The van der Waals surface area contributed by atoms with Gasteiger partial charge in [0.2, 0.25) is 0 Å². The van der Waals surface area contributed by atoms with Gasteiger partial charge in [0, 0.05) is 17.4 Å². The topological polar surface area (TPSA) is 64.3 Å². The van der Waals surface area contributed by atoms with Gasteiger partial charge in [-0.15, -0.1) is 0 Å². The van der Waals surface area contributed by atoms with E-state index < -0.39 is 24.1 Å². The molecule has 3 N–H and O–H groups in total. The highest BCUT2D eigenvalue weighted by Gasteiger charge is 2.10. The van der Waals surface area contributed by atoms with E-state index in [0.29, 0.717) is 11.4 Å². The van der Waals surface area contributed by atoms with Crippen LogP contribution in [0.4, 0.5) is 20.2 Å². The number of nitrogens with one attached hydrogen (secondary N) is 1. The van der Waals surface area contributed by atoms with Gasteiger partial charge in [0.15, 0.2) is 18.2 Å². The predicted molar refractivity (Wildman–Crippen MR) is 76.1 cm³/mol. The molecule has 0 aliphatic heterocycles. The molecule has 0 spiro atoms. The van der Waals surface area contributed by atoms with Crippen molar-refractivity contribution in [1.29, 1.82) is 0 Å². The van der Waals surface area contributed by atoms with Gasteiger partial charge in [0.25, 0.3) is 5.91 Å². The lowest BCUT2D eigenvalue weighted by Crippen LogP contribution is -2.21. The number of rotatable bonds is 4. The molecule has 1 amide bonds. The third-order valence-electron chi connectivity index (χ3n) is 2.90. The number of carbonyl (C=O) groups is 1. The van der Waals surface area contributed by atoms with Crippen molar-refractivity contribution in [1.82, 2.24) is 0 Å². The highest BCUT2D eigenvalue weighted by molar-refractivity contribution is 5.93. The van der Waals surface area contributed by atoms with Crippen LogP contribution in [-0.4, -0.2) is 12.5 Å². The first-order valence-corrected chi connectivity index (χ1v) is 6.20. The van der Waals surface area contributed by atoms with E-state index in [2.05, 4.69) is 5.32 Å². The van der Waals surface area contributed by atoms with Gasteiger partial charge in [-0.1, -0.05) is 6.07 Å². The highest BCUT2D eigenvalue weighted by atomic mass is 19.1. The number of hydrogen-bond donors (Lipinski definition) is 2. The summed E-state index contributed by atoms with van der Waals surface area (Å²) in [6.07, 6.45) is 0. The minimum atomic E-state index is -0.732. The summed E-state index contributed by atoms with van der Waals surface area (Å²) in [5.74, 6) is -2.18. The first-order valence-electron chi connectivity index (χ1n) is 6.20. The largest absolute Gasteiger partial charge is 0.481 e. The van der Waals surface area contributed by atoms with Crippen molar-refractivity contribution in [3.05, 3.63) is 53.6 Å². The minimum Gasteiger partial charge on any atom is -0.481 e. The summed E-state index contributed by atoms with van der Waals surface area (Å²) < 4.78 is 31.2. The van der Waals surface area contributed by atoms with Crippen LogP contribution in [0.3, 0.4) is 0 Å². The maximum Gasteiger partial charge on any atom is 0.262 e. The third kappa shape index (κ3) is 3.68. The average molecular weight is 292 g/mol. The van der Waals surface area contributed by atoms with Gasteiger partial charge in [-0.3, -0.25) is 4.79 Å². The molecule has 0 fully saturated rings. The number of benzene rings is 2. The van der Waals surface area contributed by atoms with Crippen LogP contribution < -0.4 is 15.8 Å².